The average Bonchev–Trinajstić information content (AvgIpc) is 2.80. The first kappa shape index (κ1) is 17.5. The molecule has 2 aromatic rings. The molecule has 1 amide bonds. The fourth-order valence-corrected chi connectivity index (χ4v) is 3.13. The summed E-state index contributed by atoms with van der Waals surface area (Å²) in [5.41, 5.74) is 0.771. The molecule has 0 radical (unpaired) electrons. The van der Waals surface area contributed by atoms with Gasteiger partial charge in [0.25, 0.3) is 5.91 Å². The molecule has 134 valence electrons. The molecule has 0 bridgehead atoms. The lowest BCUT2D eigenvalue weighted by atomic mass is 10.1. The summed E-state index contributed by atoms with van der Waals surface area (Å²) in [5.74, 6) is -0.0578. The Morgan fingerprint density at radius 2 is 2.00 bits per heavy atom. The van der Waals surface area contributed by atoms with Gasteiger partial charge in [0, 0.05) is 6.04 Å². The molecule has 1 aromatic heterocycles. The van der Waals surface area contributed by atoms with Gasteiger partial charge in [0.2, 0.25) is 0 Å². The predicted molar refractivity (Wildman–Crippen MR) is 90.9 cm³/mol. The van der Waals surface area contributed by atoms with E-state index in [1.807, 2.05) is 0 Å². The third kappa shape index (κ3) is 4.38. The predicted octanol–water partition coefficient (Wildman–Crippen LogP) is 4.15. The van der Waals surface area contributed by atoms with Crippen LogP contribution in [0.25, 0.3) is 0 Å². The van der Waals surface area contributed by atoms with Gasteiger partial charge in [-0.2, -0.15) is 0 Å². The molecule has 0 unspecified atom stereocenters. The average molecular weight is 346 g/mol. The maximum Gasteiger partial charge on any atom is 0.274 e. The summed E-state index contributed by atoms with van der Waals surface area (Å²) in [6.45, 7) is 1.75. The van der Waals surface area contributed by atoms with E-state index in [1.54, 1.807) is 25.1 Å². The van der Waals surface area contributed by atoms with Crippen LogP contribution in [0, 0.1) is 12.7 Å². The highest BCUT2D eigenvalue weighted by atomic mass is 19.1. The molecular weight excluding hydrogens is 323 g/mol. The van der Waals surface area contributed by atoms with Crippen molar-refractivity contribution in [3.8, 4) is 5.75 Å². The van der Waals surface area contributed by atoms with Gasteiger partial charge in [-0.05, 0) is 31.9 Å². The van der Waals surface area contributed by atoms with Crippen LogP contribution in [0.4, 0.5) is 4.39 Å². The molecule has 1 heterocycles. The number of nitrogens with one attached hydrogen (secondary N) is 1. The van der Waals surface area contributed by atoms with Crippen LogP contribution in [0.5, 0.6) is 5.75 Å². The molecule has 5 nitrogen and oxygen atoms in total. The topological polar surface area (TPSA) is 64.4 Å². The first-order chi connectivity index (χ1) is 12.1. The van der Waals surface area contributed by atoms with Gasteiger partial charge in [0.05, 0.1) is 5.56 Å². The van der Waals surface area contributed by atoms with Gasteiger partial charge in [0.15, 0.2) is 17.3 Å². The number of aromatic nitrogens is 1. The number of benzene rings is 1. The summed E-state index contributed by atoms with van der Waals surface area (Å²) in [6, 6.07) is 6.34. The molecule has 3 rings (SSSR count). The van der Waals surface area contributed by atoms with Crippen LogP contribution in [0.15, 0.2) is 28.8 Å². The van der Waals surface area contributed by atoms with Crippen molar-refractivity contribution < 1.29 is 18.4 Å². The number of aryl methyl sites for hydroxylation is 1. The number of amides is 1. The van der Waals surface area contributed by atoms with Gasteiger partial charge in [-0.15, -0.1) is 0 Å². The van der Waals surface area contributed by atoms with Crippen molar-refractivity contribution in [2.75, 3.05) is 0 Å². The van der Waals surface area contributed by atoms with Gasteiger partial charge in [-0.3, -0.25) is 4.79 Å². The number of para-hydroxylation sites is 1. The Labute approximate surface area is 146 Å². The molecule has 25 heavy (non-hydrogen) atoms. The number of halogens is 1. The maximum atomic E-state index is 13.7. The van der Waals surface area contributed by atoms with Crippen molar-refractivity contribution in [3.63, 3.8) is 0 Å². The zero-order chi connectivity index (χ0) is 17.6. The molecule has 1 fully saturated rings. The number of hydrogen-bond donors (Lipinski definition) is 1. The Morgan fingerprint density at radius 1 is 1.28 bits per heavy atom. The number of hydrogen-bond acceptors (Lipinski definition) is 4. The molecule has 0 atom stereocenters. The van der Waals surface area contributed by atoms with E-state index in [9.17, 15) is 9.18 Å². The van der Waals surface area contributed by atoms with Crippen molar-refractivity contribution in [3.05, 3.63) is 47.1 Å². The summed E-state index contributed by atoms with van der Waals surface area (Å²) in [5, 5.41) is 6.93. The molecular formula is C19H23FN2O3. The summed E-state index contributed by atoms with van der Waals surface area (Å²) in [6.07, 6.45) is 6.68. The molecule has 0 aliphatic heterocycles. The third-order valence-electron chi connectivity index (χ3n) is 4.60. The van der Waals surface area contributed by atoms with Crippen LogP contribution in [0.2, 0.25) is 0 Å². The zero-order valence-corrected chi connectivity index (χ0v) is 14.4. The van der Waals surface area contributed by atoms with Crippen molar-refractivity contribution >= 4 is 5.91 Å². The zero-order valence-electron chi connectivity index (χ0n) is 14.4. The minimum absolute atomic E-state index is 0.0314. The van der Waals surface area contributed by atoms with Crippen molar-refractivity contribution in [2.45, 2.75) is 58.1 Å². The summed E-state index contributed by atoms with van der Waals surface area (Å²) in [7, 11) is 0. The SMILES string of the molecule is Cc1onc(C(=O)NC2CCCCCC2)c1COc1ccccc1F. The summed E-state index contributed by atoms with van der Waals surface area (Å²) >= 11 is 0. The van der Waals surface area contributed by atoms with E-state index in [-0.39, 0.29) is 30.0 Å². The molecule has 1 aliphatic rings. The van der Waals surface area contributed by atoms with Crippen LogP contribution >= 0.6 is 0 Å². The quantitative estimate of drug-likeness (QED) is 0.826. The highest BCUT2D eigenvalue weighted by Crippen LogP contribution is 2.21. The van der Waals surface area contributed by atoms with E-state index >= 15 is 0 Å². The van der Waals surface area contributed by atoms with E-state index in [0.717, 1.165) is 25.7 Å². The van der Waals surface area contributed by atoms with Crippen LogP contribution < -0.4 is 10.1 Å². The number of carbonyl (C=O) groups excluding carboxylic acids is 1. The van der Waals surface area contributed by atoms with Crippen LogP contribution in [-0.2, 0) is 6.61 Å². The highest BCUT2D eigenvalue weighted by molar-refractivity contribution is 5.93. The van der Waals surface area contributed by atoms with Crippen molar-refractivity contribution in [2.24, 2.45) is 0 Å². The standard InChI is InChI=1S/C19H23FN2O3/c1-13-15(12-24-17-11-7-6-10-16(17)20)18(22-25-13)19(23)21-14-8-4-2-3-5-9-14/h6-7,10-11,14H,2-5,8-9,12H2,1H3,(H,21,23). The van der Waals surface area contributed by atoms with Gasteiger partial charge in [0.1, 0.15) is 12.4 Å². The van der Waals surface area contributed by atoms with Crippen molar-refractivity contribution in [1.82, 2.24) is 10.5 Å². The van der Waals surface area contributed by atoms with E-state index < -0.39 is 5.82 Å². The van der Waals surface area contributed by atoms with Crippen LogP contribution in [0.3, 0.4) is 0 Å². The highest BCUT2D eigenvalue weighted by Gasteiger charge is 2.23. The number of rotatable bonds is 5. The minimum Gasteiger partial charge on any atom is -0.486 e. The first-order valence-corrected chi connectivity index (χ1v) is 8.78. The van der Waals surface area contributed by atoms with E-state index in [4.69, 9.17) is 9.26 Å². The molecule has 1 aromatic carbocycles. The smallest absolute Gasteiger partial charge is 0.274 e. The van der Waals surface area contributed by atoms with Gasteiger partial charge >= 0.3 is 0 Å². The van der Waals surface area contributed by atoms with Gasteiger partial charge < -0.3 is 14.6 Å². The lowest BCUT2D eigenvalue weighted by molar-refractivity contribution is 0.0922. The van der Waals surface area contributed by atoms with E-state index in [1.165, 1.54) is 18.9 Å². The van der Waals surface area contributed by atoms with Gasteiger partial charge in [-0.1, -0.05) is 43.0 Å². The molecule has 1 saturated carbocycles. The van der Waals surface area contributed by atoms with Gasteiger partial charge in [-0.25, -0.2) is 4.39 Å². The monoisotopic (exact) mass is 346 g/mol. The molecule has 0 spiro atoms. The Bertz CT molecular complexity index is 721. The fourth-order valence-electron chi connectivity index (χ4n) is 3.13. The Kier molecular flexibility index (Phi) is 5.68. The lowest BCUT2D eigenvalue weighted by Crippen LogP contribution is -2.35. The third-order valence-corrected chi connectivity index (χ3v) is 4.60. The number of ether oxygens (including phenoxy) is 1. The summed E-state index contributed by atoms with van der Waals surface area (Å²) in [4.78, 5) is 12.6. The van der Waals surface area contributed by atoms with Crippen LogP contribution in [-0.4, -0.2) is 17.1 Å². The largest absolute Gasteiger partial charge is 0.486 e. The van der Waals surface area contributed by atoms with E-state index in [0.29, 0.717) is 11.3 Å². The minimum atomic E-state index is -0.443. The summed E-state index contributed by atoms with van der Waals surface area (Å²) < 4.78 is 24.4. The number of nitrogens with zero attached hydrogens (tertiary/aromatic N) is 1. The second kappa shape index (κ2) is 8.14. The first-order valence-electron chi connectivity index (χ1n) is 8.78. The second-order valence-corrected chi connectivity index (χ2v) is 6.45. The van der Waals surface area contributed by atoms with Crippen molar-refractivity contribution in [1.29, 1.82) is 0 Å². The Hall–Kier alpha value is -2.37. The second-order valence-electron chi connectivity index (χ2n) is 6.45. The normalized spacial score (nSPS) is 15.6. The maximum absolute atomic E-state index is 13.7. The Morgan fingerprint density at radius 3 is 2.72 bits per heavy atom. The molecule has 1 aliphatic carbocycles. The van der Waals surface area contributed by atoms with Crippen LogP contribution in [0.1, 0.15) is 60.3 Å². The molecule has 1 N–H and O–H groups in total. The number of carbonyl (C=O) groups is 1. The van der Waals surface area contributed by atoms with E-state index in [2.05, 4.69) is 10.5 Å². The lowest BCUT2D eigenvalue weighted by Gasteiger charge is -2.15. The molecule has 0 saturated heterocycles. The fraction of sp³-hybridized carbons (Fsp3) is 0.474. The Balaban J connectivity index is 1.68. The molecule has 6 heteroatoms.